The van der Waals surface area contributed by atoms with Crippen molar-refractivity contribution in [2.45, 2.75) is 116 Å². The van der Waals surface area contributed by atoms with Gasteiger partial charge in [0.1, 0.15) is 13.2 Å². The number of carbonyl (C=O) groups is 2. The zero-order valence-corrected chi connectivity index (χ0v) is 24.8. The molecule has 0 radical (unpaired) electrons. The summed E-state index contributed by atoms with van der Waals surface area (Å²) in [5.41, 5.74) is 0. The average Bonchev–Trinajstić information content (AvgIpc) is 3.44. The molecular formula is C29H53NO7S. The van der Waals surface area contributed by atoms with E-state index in [2.05, 4.69) is 11.7 Å². The number of hydrogen-bond donors (Lipinski definition) is 0. The molecular weight excluding hydrogens is 506 g/mol. The molecule has 0 saturated carbocycles. The summed E-state index contributed by atoms with van der Waals surface area (Å²) in [5.74, 6) is 0.851. The Balaban J connectivity index is 1.95. The summed E-state index contributed by atoms with van der Waals surface area (Å²) in [6.45, 7) is 3.66. The largest absolute Gasteiger partial charge is 0.508 e. The Morgan fingerprint density at radius 3 is 1.87 bits per heavy atom. The zero-order chi connectivity index (χ0) is 27.5. The second kappa shape index (κ2) is 25.7. The number of carbonyl (C=O) groups excluding carboxylic acids is 2. The third-order valence-corrected chi connectivity index (χ3v) is 7.26. The molecule has 38 heavy (non-hydrogen) atoms. The fourth-order valence-electron chi connectivity index (χ4n) is 4.17. The van der Waals surface area contributed by atoms with Crippen molar-refractivity contribution in [3.8, 4) is 0 Å². The fraction of sp³-hybridized carbons (Fsp3) is 0.862. The summed E-state index contributed by atoms with van der Waals surface area (Å²) < 4.78 is 25.5. The molecule has 0 saturated heterocycles. The molecule has 1 aliphatic rings. The number of thioether (sulfide) groups is 1. The van der Waals surface area contributed by atoms with Crippen molar-refractivity contribution in [2.75, 3.05) is 46.0 Å². The minimum absolute atomic E-state index is 0.136. The van der Waals surface area contributed by atoms with Crippen LogP contribution in [0.2, 0.25) is 0 Å². The lowest BCUT2D eigenvalue weighted by Gasteiger charge is -2.18. The first-order valence-electron chi connectivity index (χ1n) is 14.8. The lowest BCUT2D eigenvalue weighted by molar-refractivity contribution is -0.0446. The first-order valence-corrected chi connectivity index (χ1v) is 15.8. The van der Waals surface area contributed by atoms with Gasteiger partial charge in [0.2, 0.25) is 0 Å². The van der Waals surface area contributed by atoms with Gasteiger partial charge in [0.05, 0.1) is 26.1 Å². The van der Waals surface area contributed by atoms with Gasteiger partial charge in [-0.05, 0) is 11.8 Å². The Morgan fingerprint density at radius 2 is 1.34 bits per heavy atom. The molecule has 9 heteroatoms. The average molecular weight is 560 g/mol. The van der Waals surface area contributed by atoms with Crippen LogP contribution in [0.25, 0.3) is 0 Å². The van der Waals surface area contributed by atoms with E-state index in [1.165, 1.54) is 97.0 Å². The van der Waals surface area contributed by atoms with Gasteiger partial charge < -0.3 is 28.6 Å². The lowest BCUT2D eigenvalue weighted by atomic mass is 10.0. The second-order valence-electron chi connectivity index (χ2n) is 9.87. The number of ether oxygens (including phenoxy) is 5. The van der Waals surface area contributed by atoms with Crippen LogP contribution in [-0.2, 0) is 23.7 Å². The molecule has 8 nitrogen and oxygen atoms in total. The van der Waals surface area contributed by atoms with Gasteiger partial charge in [-0.1, -0.05) is 103 Å². The summed E-state index contributed by atoms with van der Waals surface area (Å²) >= 11 is 1.68. The van der Waals surface area contributed by atoms with Gasteiger partial charge in [0, 0.05) is 12.8 Å². The Bertz CT molecular complexity index is 605. The highest BCUT2D eigenvalue weighted by Crippen LogP contribution is 2.15. The number of hydrogen-bond acceptors (Lipinski definition) is 9. The predicted octanol–water partition coefficient (Wildman–Crippen LogP) is 8.05. The topological polar surface area (TPSA) is 83.5 Å². The molecule has 0 unspecified atom stereocenters. The second-order valence-corrected chi connectivity index (χ2v) is 10.7. The standard InChI is InChI=1S/C29H53NO7S/c1-3-4-5-6-7-8-9-10-11-12-13-14-15-16-17-18-21-34-24-27(37-28(31)33-2)25-36-29(32)35-22-19-30-20-23-38-26-30/h20,23,27H,3-19,21-22,24-26H2,1-2H3/t27-/m0/s1. The summed E-state index contributed by atoms with van der Waals surface area (Å²) in [4.78, 5) is 25.3. The van der Waals surface area contributed by atoms with Crippen molar-refractivity contribution in [3.63, 3.8) is 0 Å². The molecule has 0 spiro atoms. The molecule has 222 valence electrons. The highest BCUT2D eigenvalue weighted by atomic mass is 32.2. The van der Waals surface area contributed by atoms with Crippen molar-refractivity contribution >= 4 is 24.1 Å². The minimum Gasteiger partial charge on any atom is -0.438 e. The predicted molar refractivity (Wildman–Crippen MR) is 153 cm³/mol. The molecule has 1 rings (SSSR count). The van der Waals surface area contributed by atoms with E-state index >= 15 is 0 Å². The van der Waals surface area contributed by atoms with Gasteiger partial charge in [-0.2, -0.15) is 0 Å². The Morgan fingerprint density at radius 1 is 0.763 bits per heavy atom. The summed E-state index contributed by atoms with van der Waals surface area (Å²) in [5, 5.41) is 1.99. The third kappa shape index (κ3) is 21.3. The fourth-order valence-corrected chi connectivity index (χ4v) is 4.92. The summed E-state index contributed by atoms with van der Waals surface area (Å²) in [7, 11) is 1.23. The van der Waals surface area contributed by atoms with Crippen LogP contribution < -0.4 is 0 Å². The number of methoxy groups -OCH3 is 1. The van der Waals surface area contributed by atoms with Crippen molar-refractivity contribution < 1.29 is 33.3 Å². The van der Waals surface area contributed by atoms with Crippen LogP contribution in [0, 0.1) is 0 Å². The van der Waals surface area contributed by atoms with E-state index in [0.29, 0.717) is 13.2 Å². The maximum Gasteiger partial charge on any atom is 0.508 e. The molecule has 0 amide bonds. The van der Waals surface area contributed by atoms with Gasteiger partial charge in [-0.3, -0.25) is 0 Å². The maximum atomic E-state index is 11.8. The molecule has 1 atom stereocenters. The van der Waals surface area contributed by atoms with Crippen molar-refractivity contribution in [1.29, 1.82) is 0 Å². The van der Waals surface area contributed by atoms with Crippen molar-refractivity contribution in [2.24, 2.45) is 0 Å². The highest BCUT2D eigenvalue weighted by Gasteiger charge is 2.18. The van der Waals surface area contributed by atoms with Crippen LogP contribution in [-0.4, -0.2) is 69.3 Å². The van der Waals surface area contributed by atoms with Crippen molar-refractivity contribution in [1.82, 2.24) is 4.90 Å². The van der Waals surface area contributed by atoms with Gasteiger partial charge >= 0.3 is 12.3 Å². The maximum absolute atomic E-state index is 11.8. The molecule has 0 aromatic heterocycles. The van der Waals surface area contributed by atoms with Gasteiger partial charge in [-0.15, -0.1) is 11.8 Å². The quantitative estimate of drug-likeness (QED) is 0.0814. The molecule has 0 bridgehead atoms. The van der Waals surface area contributed by atoms with Gasteiger partial charge in [-0.25, -0.2) is 9.59 Å². The van der Waals surface area contributed by atoms with E-state index in [1.807, 2.05) is 16.5 Å². The molecule has 0 aromatic carbocycles. The van der Waals surface area contributed by atoms with Crippen LogP contribution >= 0.6 is 11.8 Å². The summed E-state index contributed by atoms with van der Waals surface area (Å²) in [6.07, 6.45) is 20.7. The monoisotopic (exact) mass is 559 g/mol. The Labute approximate surface area is 235 Å². The molecule has 0 fully saturated rings. The van der Waals surface area contributed by atoms with Crippen LogP contribution in [0.4, 0.5) is 9.59 Å². The van der Waals surface area contributed by atoms with E-state index < -0.39 is 18.4 Å². The first-order chi connectivity index (χ1) is 18.7. The van der Waals surface area contributed by atoms with Crippen LogP contribution in [0.3, 0.4) is 0 Å². The van der Waals surface area contributed by atoms with Crippen LogP contribution in [0.5, 0.6) is 0 Å². The van der Waals surface area contributed by atoms with E-state index in [0.717, 1.165) is 18.7 Å². The van der Waals surface area contributed by atoms with Crippen LogP contribution in [0.15, 0.2) is 11.6 Å². The molecule has 0 aliphatic carbocycles. The number of unbranched alkanes of at least 4 members (excludes halogenated alkanes) is 15. The number of rotatable bonds is 25. The molecule has 1 aliphatic heterocycles. The van der Waals surface area contributed by atoms with Crippen LogP contribution in [0.1, 0.15) is 110 Å². The SMILES string of the molecule is CCCCCCCCCCCCCCCCCCOC[C@@H](COC(=O)OCCN1C=CSC1)OC(=O)OC. The van der Waals surface area contributed by atoms with Gasteiger partial charge in [0.15, 0.2) is 6.10 Å². The van der Waals surface area contributed by atoms with Crippen molar-refractivity contribution in [3.05, 3.63) is 11.6 Å². The highest BCUT2D eigenvalue weighted by molar-refractivity contribution is 8.02. The number of nitrogens with zero attached hydrogens (tertiary/aromatic N) is 1. The van der Waals surface area contributed by atoms with E-state index in [-0.39, 0.29) is 19.8 Å². The Kier molecular flexibility index (Phi) is 23.2. The first kappa shape index (κ1) is 34.4. The minimum atomic E-state index is -0.837. The normalized spacial score (nSPS) is 13.5. The third-order valence-electron chi connectivity index (χ3n) is 6.47. The smallest absolute Gasteiger partial charge is 0.438 e. The summed E-state index contributed by atoms with van der Waals surface area (Å²) in [6, 6.07) is 0. The van der Waals surface area contributed by atoms with Gasteiger partial charge in [0.25, 0.3) is 0 Å². The van der Waals surface area contributed by atoms with E-state index in [4.69, 9.17) is 18.9 Å². The van der Waals surface area contributed by atoms with E-state index in [1.54, 1.807) is 11.8 Å². The lowest BCUT2D eigenvalue weighted by Crippen LogP contribution is -2.30. The zero-order valence-electron chi connectivity index (χ0n) is 24.0. The molecule has 0 aromatic rings. The van der Waals surface area contributed by atoms with E-state index in [9.17, 15) is 9.59 Å². The molecule has 0 N–H and O–H groups in total. The molecule has 1 heterocycles. The Hall–Kier alpha value is -1.61.